The third-order valence-corrected chi connectivity index (χ3v) is 3.24. The van der Waals surface area contributed by atoms with Crippen molar-refractivity contribution in [3.8, 4) is 0 Å². The van der Waals surface area contributed by atoms with Gasteiger partial charge >= 0.3 is 5.63 Å². The molecule has 0 aliphatic rings. The lowest BCUT2D eigenvalue weighted by Gasteiger charge is -2.03. The molecule has 0 fully saturated rings. The number of hydrogen-bond donors (Lipinski definition) is 0. The summed E-state index contributed by atoms with van der Waals surface area (Å²) in [5.41, 5.74) is 0.961. The highest BCUT2D eigenvalue weighted by Crippen LogP contribution is 2.16. The Bertz CT molecular complexity index is 581. The van der Waals surface area contributed by atoms with Crippen LogP contribution in [0.1, 0.15) is 43.9 Å². The normalized spacial score (nSPS) is 11.0. The van der Waals surface area contributed by atoms with Crippen LogP contribution in [0.15, 0.2) is 33.5 Å². The SMILES string of the molecule is CCCCCCc1cc2cc(C)ccc2c(=O)o1. The standard InChI is InChI=1S/C16H20O2/c1-3-4-5-6-7-14-11-13-10-12(2)8-9-15(13)16(17)18-14/h8-11H,3-7H2,1-2H3. The molecule has 0 N–H and O–H groups in total. The maximum Gasteiger partial charge on any atom is 0.343 e. The van der Waals surface area contributed by atoms with E-state index < -0.39 is 0 Å². The Morgan fingerprint density at radius 3 is 2.72 bits per heavy atom. The summed E-state index contributed by atoms with van der Waals surface area (Å²) in [6.07, 6.45) is 5.62. The van der Waals surface area contributed by atoms with Gasteiger partial charge in [0.05, 0.1) is 5.39 Å². The average Bonchev–Trinajstić information content (AvgIpc) is 2.34. The predicted octanol–water partition coefficient (Wildman–Crippen LogP) is 4.22. The van der Waals surface area contributed by atoms with Crippen molar-refractivity contribution in [2.24, 2.45) is 0 Å². The Morgan fingerprint density at radius 1 is 1.11 bits per heavy atom. The third kappa shape index (κ3) is 3.00. The van der Waals surface area contributed by atoms with Gasteiger partial charge < -0.3 is 4.42 Å². The summed E-state index contributed by atoms with van der Waals surface area (Å²) < 4.78 is 5.36. The number of fused-ring (bicyclic) bond motifs is 1. The van der Waals surface area contributed by atoms with Crippen molar-refractivity contribution < 1.29 is 4.42 Å². The first kappa shape index (κ1) is 12.9. The van der Waals surface area contributed by atoms with E-state index in [1.807, 2.05) is 31.2 Å². The summed E-state index contributed by atoms with van der Waals surface area (Å²) in [7, 11) is 0. The van der Waals surface area contributed by atoms with Crippen LogP contribution in [0.2, 0.25) is 0 Å². The van der Waals surface area contributed by atoms with Crippen molar-refractivity contribution in [3.63, 3.8) is 0 Å². The molecule has 0 saturated carbocycles. The number of aryl methyl sites for hydroxylation is 2. The van der Waals surface area contributed by atoms with E-state index in [1.54, 1.807) is 0 Å². The van der Waals surface area contributed by atoms with Crippen molar-refractivity contribution in [2.75, 3.05) is 0 Å². The first-order chi connectivity index (χ1) is 8.70. The smallest absolute Gasteiger partial charge is 0.343 e. The first-order valence-corrected chi connectivity index (χ1v) is 6.74. The van der Waals surface area contributed by atoms with Crippen molar-refractivity contribution in [1.29, 1.82) is 0 Å². The van der Waals surface area contributed by atoms with Gasteiger partial charge in [0, 0.05) is 6.42 Å². The average molecular weight is 244 g/mol. The largest absolute Gasteiger partial charge is 0.427 e. The second kappa shape index (κ2) is 5.85. The summed E-state index contributed by atoms with van der Waals surface area (Å²) in [6, 6.07) is 7.84. The second-order valence-electron chi connectivity index (χ2n) is 4.90. The monoisotopic (exact) mass is 244 g/mol. The first-order valence-electron chi connectivity index (χ1n) is 6.74. The van der Waals surface area contributed by atoms with Gasteiger partial charge in [0.1, 0.15) is 5.76 Å². The van der Waals surface area contributed by atoms with Crippen LogP contribution < -0.4 is 5.63 Å². The molecule has 2 heteroatoms. The fourth-order valence-corrected chi connectivity index (χ4v) is 2.21. The van der Waals surface area contributed by atoms with E-state index in [4.69, 9.17) is 4.42 Å². The van der Waals surface area contributed by atoms with Gasteiger partial charge in [-0.25, -0.2) is 4.79 Å². The molecule has 2 rings (SSSR count). The molecule has 0 unspecified atom stereocenters. The molecule has 1 aromatic carbocycles. The van der Waals surface area contributed by atoms with Gasteiger partial charge in [-0.15, -0.1) is 0 Å². The molecule has 96 valence electrons. The van der Waals surface area contributed by atoms with Gasteiger partial charge in [0.25, 0.3) is 0 Å². The minimum atomic E-state index is -0.210. The molecule has 0 radical (unpaired) electrons. The topological polar surface area (TPSA) is 30.2 Å². The quantitative estimate of drug-likeness (QED) is 0.737. The van der Waals surface area contributed by atoms with Crippen molar-refractivity contribution in [1.82, 2.24) is 0 Å². The maximum atomic E-state index is 11.8. The van der Waals surface area contributed by atoms with E-state index in [0.717, 1.165) is 24.0 Å². The highest BCUT2D eigenvalue weighted by Gasteiger charge is 2.04. The molecule has 0 aliphatic carbocycles. The van der Waals surface area contributed by atoms with Crippen LogP contribution in [0.5, 0.6) is 0 Å². The van der Waals surface area contributed by atoms with E-state index >= 15 is 0 Å². The Hall–Kier alpha value is -1.57. The zero-order chi connectivity index (χ0) is 13.0. The van der Waals surface area contributed by atoms with Gasteiger partial charge in [-0.3, -0.25) is 0 Å². The summed E-state index contributed by atoms with van der Waals surface area (Å²) in [6.45, 7) is 4.23. The molecule has 0 amide bonds. The highest BCUT2D eigenvalue weighted by atomic mass is 16.4. The van der Waals surface area contributed by atoms with Crippen LogP contribution in [0.4, 0.5) is 0 Å². The van der Waals surface area contributed by atoms with Crippen LogP contribution in [-0.4, -0.2) is 0 Å². The number of unbranched alkanes of at least 4 members (excludes halogenated alkanes) is 3. The molecule has 0 spiro atoms. The molecule has 18 heavy (non-hydrogen) atoms. The fraction of sp³-hybridized carbons (Fsp3) is 0.438. The minimum Gasteiger partial charge on any atom is -0.427 e. The van der Waals surface area contributed by atoms with Crippen LogP contribution in [0, 0.1) is 6.92 Å². The predicted molar refractivity (Wildman–Crippen MR) is 75.1 cm³/mol. The second-order valence-corrected chi connectivity index (χ2v) is 4.90. The van der Waals surface area contributed by atoms with E-state index in [0.29, 0.717) is 5.39 Å². The van der Waals surface area contributed by atoms with Crippen molar-refractivity contribution >= 4 is 10.8 Å². The molecule has 1 heterocycles. The number of hydrogen-bond acceptors (Lipinski definition) is 2. The minimum absolute atomic E-state index is 0.210. The van der Waals surface area contributed by atoms with Crippen molar-refractivity contribution in [3.05, 3.63) is 46.0 Å². The van der Waals surface area contributed by atoms with Crippen LogP contribution >= 0.6 is 0 Å². The summed E-state index contributed by atoms with van der Waals surface area (Å²) in [5, 5.41) is 1.68. The lowest BCUT2D eigenvalue weighted by atomic mass is 10.1. The van der Waals surface area contributed by atoms with E-state index in [1.165, 1.54) is 24.8 Å². The van der Waals surface area contributed by atoms with E-state index in [2.05, 4.69) is 6.92 Å². The molecular weight excluding hydrogens is 224 g/mol. The molecule has 0 bridgehead atoms. The lowest BCUT2D eigenvalue weighted by Crippen LogP contribution is -2.02. The molecule has 2 nitrogen and oxygen atoms in total. The van der Waals surface area contributed by atoms with E-state index in [9.17, 15) is 4.79 Å². The van der Waals surface area contributed by atoms with Crippen molar-refractivity contribution in [2.45, 2.75) is 46.0 Å². The Morgan fingerprint density at radius 2 is 1.94 bits per heavy atom. The lowest BCUT2D eigenvalue weighted by molar-refractivity contribution is 0.456. The van der Waals surface area contributed by atoms with Gasteiger partial charge in [0.2, 0.25) is 0 Å². The van der Waals surface area contributed by atoms with Gasteiger partial charge in [-0.2, -0.15) is 0 Å². The number of benzene rings is 1. The van der Waals surface area contributed by atoms with E-state index in [-0.39, 0.29) is 5.63 Å². The Balaban J connectivity index is 2.22. The molecule has 0 saturated heterocycles. The maximum absolute atomic E-state index is 11.8. The summed E-state index contributed by atoms with van der Waals surface area (Å²) in [4.78, 5) is 11.8. The molecule has 1 aromatic heterocycles. The van der Waals surface area contributed by atoms with Crippen LogP contribution in [-0.2, 0) is 6.42 Å². The Labute approximate surface area is 108 Å². The number of rotatable bonds is 5. The molecular formula is C16H20O2. The molecule has 0 atom stereocenters. The Kier molecular flexibility index (Phi) is 4.19. The summed E-state index contributed by atoms with van der Waals surface area (Å²) in [5.74, 6) is 0.814. The molecule has 2 aromatic rings. The highest BCUT2D eigenvalue weighted by molar-refractivity contribution is 5.81. The zero-order valence-electron chi connectivity index (χ0n) is 11.2. The fourth-order valence-electron chi connectivity index (χ4n) is 2.21. The van der Waals surface area contributed by atoms with Crippen LogP contribution in [0.3, 0.4) is 0 Å². The van der Waals surface area contributed by atoms with Gasteiger partial charge in [-0.1, -0.05) is 43.9 Å². The summed E-state index contributed by atoms with van der Waals surface area (Å²) >= 11 is 0. The van der Waals surface area contributed by atoms with Crippen LogP contribution in [0.25, 0.3) is 10.8 Å². The van der Waals surface area contributed by atoms with Gasteiger partial charge in [-0.05, 0) is 30.9 Å². The van der Waals surface area contributed by atoms with Gasteiger partial charge in [0.15, 0.2) is 0 Å². The molecule has 0 aliphatic heterocycles. The third-order valence-electron chi connectivity index (χ3n) is 3.24. The zero-order valence-corrected chi connectivity index (χ0v) is 11.2.